The summed E-state index contributed by atoms with van der Waals surface area (Å²) in [6.45, 7) is 6.61. The van der Waals surface area contributed by atoms with Gasteiger partial charge in [-0.25, -0.2) is 0 Å². The summed E-state index contributed by atoms with van der Waals surface area (Å²) in [6.07, 6.45) is 6.70. The molecule has 0 heterocycles. The second kappa shape index (κ2) is 8.37. The van der Waals surface area contributed by atoms with E-state index in [4.69, 9.17) is 5.73 Å². The first-order valence-electron chi connectivity index (χ1n) is 6.87. The number of nitrogens with two attached hydrogens (primary N) is 1. The van der Waals surface area contributed by atoms with Gasteiger partial charge in [0.15, 0.2) is 0 Å². The second-order valence-corrected chi connectivity index (χ2v) is 6.09. The number of hydrogen-bond acceptors (Lipinski definition) is 3. The van der Waals surface area contributed by atoms with Gasteiger partial charge in [0.1, 0.15) is 0 Å². The van der Waals surface area contributed by atoms with E-state index in [-0.39, 0.29) is 0 Å². The number of thioether (sulfide) groups is 1. The Bertz CT molecular complexity index is 171. The van der Waals surface area contributed by atoms with Crippen molar-refractivity contribution in [1.29, 1.82) is 0 Å². The highest BCUT2D eigenvalue weighted by molar-refractivity contribution is 7.99. The minimum Gasteiger partial charge on any atom is -0.329 e. The van der Waals surface area contributed by atoms with E-state index in [1.807, 2.05) is 11.8 Å². The smallest absolute Gasteiger partial charge is 0.0229 e. The first-order chi connectivity index (χ1) is 7.83. The Morgan fingerprint density at radius 1 is 1.38 bits per heavy atom. The molecule has 0 aromatic carbocycles. The molecule has 2 nitrogen and oxygen atoms in total. The molecule has 1 rings (SSSR count). The summed E-state index contributed by atoms with van der Waals surface area (Å²) in [4.78, 5) is 2.69. The van der Waals surface area contributed by atoms with Gasteiger partial charge < -0.3 is 5.73 Å². The molecule has 0 aromatic heterocycles. The zero-order valence-corrected chi connectivity index (χ0v) is 11.8. The van der Waals surface area contributed by atoms with Crippen LogP contribution in [0.15, 0.2) is 0 Å². The maximum Gasteiger partial charge on any atom is 0.0229 e. The van der Waals surface area contributed by atoms with Crippen LogP contribution in [0.25, 0.3) is 0 Å². The third kappa shape index (κ3) is 5.07. The minimum atomic E-state index is 0.637. The van der Waals surface area contributed by atoms with Gasteiger partial charge in [0.25, 0.3) is 0 Å². The van der Waals surface area contributed by atoms with Gasteiger partial charge in [-0.1, -0.05) is 20.3 Å². The fourth-order valence-corrected chi connectivity index (χ4v) is 2.92. The Hall–Kier alpha value is 0.270. The fraction of sp³-hybridized carbons (Fsp3) is 1.00. The third-order valence-electron chi connectivity index (χ3n) is 3.33. The van der Waals surface area contributed by atoms with Crippen molar-refractivity contribution in [3.63, 3.8) is 0 Å². The number of rotatable bonds is 10. The van der Waals surface area contributed by atoms with E-state index >= 15 is 0 Å². The highest BCUT2D eigenvalue weighted by Crippen LogP contribution is 2.29. The lowest BCUT2D eigenvalue weighted by Crippen LogP contribution is -2.43. The van der Waals surface area contributed by atoms with Gasteiger partial charge in [0.2, 0.25) is 0 Å². The summed E-state index contributed by atoms with van der Waals surface area (Å²) < 4.78 is 0. The highest BCUT2D eigenvalue weighted by Gasteiger charge is 2.32. The summed E-state index contributed by atoms with van der Waals surface area (Å²) in [5.41, 5.74) is 5.94. The predicted molar refractivity (Wildman–Crippen MR) is 75.1 cm³/mol. The fourth-order valence-electron chi connectivity index (χ4n) is 2.19. The molecule has 16 heavy (non-hydrogen) atoms. The lowest BCUT2D eigenvalue weighted by atomic mass is 10.1. The SMILES string of the molecule is CCCCN(C(CN)CCSCC)C1CC1. The lowest BCUT2D eigenvalue weighted by Gasteiger charge is -2.31. The van der Waals surface area contributed by atoms with Crippen molar-refractivity contribution in [2.24, 2.45) is 5.73 Å². The Labute approximate surface area is 105 Å². The van der Waals surface area contributed by atoms with E-state index in [2.05, 4.69) is 18.7 Å². The number of nitrogens with zero attached hydrogens (tertiary/aromatic N) is 1. The monoisotopic (exact) mass is 244 g/mol. The molecular weight excluding hydrogens is 216 g/mol. The zero-order chi connectivity index (χ0) is 11.8. The van der Waals surface area contributed by atoms with E-state index in [0.29, 0.717) is 6.04 Å². The van der Waals surface area contributed by atoms with Crippen LogP contribution in [0.5, 0.6) is 0 Å². The van der Waals surface area contributed by atoms with Crippen LogP contribution >= 0.6 is 11.8 Å². The summed E-state index contributed by atoms with van der Waals surface area (Å²) in [6, 6.07) is 1.50. The van der Waals surface area contributed by atoms with Crippen molar-refractivity contribution in [2.75, 3.05) is 24.6 Å². The molecule has 0 saturated heterocycles. The molecule has 2 N–H and O–H groups in total. The molecule has 0 spiro atoms. The van der Waals surface area contributed by atoms with E-state index in [1.54, 1.807) is 0 Å². The Balaban J connectivity index is 2.32. The first kappa shape index (κ1) is 14.3. The molecule has 0 aromatic rings. The van der Waals surface area contributed by atoms with E-state index in [0.717, 1.165) is 12.6 Å². The molecule has 0 amide bonds. The first-order valence-corrected chi connectivity index (χ1v) is 8.02. The molecule has 96 valence electrons. The molecule has 1 atom stereocenters. The molecule has 1 saturated carbocycles. The maximum absolute atomic E-state index is 5.94. The van der Waals surface area contributed by atoms with Crippen LogP contribution in [0.2, 0.25) is 0 Å². The van der Waals surface area contributed by atoms with Gasteiger partial charge in [-0.2, -0.15) is 11.8 Å². The maximum atomic E-state index is 5.94. The average Bonchev–Trinajstić information content (AvgIpc) is 3.11. The third-order valence-corrected chi connectivity index (χ3v) is 4.26. The highest BCUT2D eigenvalue weighted by atomic mass is 32.2. The molecule has 0 radical (unpaired) electrons. The molecule has 1 unspecified atom stereocenters. The topological polar surface area (TPSA) is 29.3 Å². The van der Waals surface area contributed by atoms with E-state index in [1.165, 1.54) is 50.2 Å². The molecule has 0 aliphatic heterocycles. The van der Waals surface area contributed by atoms with E-state index in [9.17, 15) is 0 Å². The van der Waals surface area contributed by atoms with Crippen LogP contribution in [-0.4, -0.2) is 41.6 Å². The summed E-state index contributed by atoms with van der Waals surface area (Å²) in [5, 5.41) is 0. The van der Waals surface area contributed by atoms with Gasteiger partial charge in [-0.05, 0) is 43.7 Å². The number of hydrogen-bond donors (Lipinski definition) is 1. The minimum absolute atomic E-state index is 0.637. The van der Waals surface area contributed by atoms with Gasteiger partial charge >= 0.3 is 0 Å². The summed E-state index contributed by atoms with van der Waals surface area (Å²) in [5.74, 6) is 2.50. The van der Waals surface area contributed by atoms with Crippen LogP contribution < -0.4 is 5.73 Å². The van der Waals surface area contributed by atoms with Crippen LogP contribution in [0.4, 0.5) is 0 Å². The van der Waals surface area contributed by atoms with Crippen LogP contribution in [0.1, 0.15) is 46.0 Å². The molecule has 0 bridgehead atoms. The predicted octanol–water partition coefficient (Wildman–Crippen LogP) is 2.72. The summed E-state index contributed by atoms with van der Waals surface area (Å²) >= 11 is 2.04. The van der Waals surface area contributed by atoms with Crippen molar-refractivity contribution < 1.29 is 0 Å². The van der Waals surface area contributed by atoms with Crippen molar-refractivity contribution in [2.45, 2.75) is 58.0 Å². The quantitative estimate of drug-likeness (QED) is 0.599. The van der Waals surface area contributed by atoms with Crippen LogP contribution in [0.3, 0.4) is 0 Å². The van der Waals surface area contributed by atoms with Gasteiger partial charge in [0.05, 0.1) is 0 Å². The zero-order valence-electron chi connectivity index (χ0n) is 11.0. The largest absolute Gasteiger partial charge is 0.329 e. The van der Waals surface area contributed by atoms with Crippen molar-refractivity contribution in [3.05, 3.63) is 0 Å². The van der Waals surface area contributed by atoms with Crippen molar-refractivity contribution >= 4 is 11.8 Å². The van der Waals surface area contributed by atoms with Crippen molar-refractivity contribution in [3.8, 4) is 0 Å². The average molecular weight is 244 g/mol. The standard InChI is InChI=1S/C13H28N2S/c1-3-5-9-15(12-6-7-12)13(11-14)8-10-16-4-2/h12-13H,3-11,14H2,1-2H3. The molecular formula is C13H28N2S. The van der Waals surface area contributed by atoms with Crippen LogP contribution in [0, 0.1) is 0 Å². The Morgan fingerprint density at radius 2 is 2.12 bits per heavy atom. The van der Waals surface area contributed by atoms with Gasteiger partial charge in [-0.15, -0.1) is 0 Å². The Kier molecular flexibility index (Phi) is 7.50. The lowest BCUT2D eigenvalue weighted by molar-refractivity contribution is 0.183. The number of unbranched alkanes of at least 4 members (excludes halogenated alkanes) is 1. The normalized spacial score (nSPS) is 18.0. The molecule has 3 heteroatoms. The summed E-state index contributed by atoms with van der Waals surface area (Å²) in [7, 11) is 0. The van der Waals surface area contributed by atoms with E-state index < -0.39 is 0 Å². The van der Waals surface area contributed by atoms with Gasteiger partial charge in [0, 0.05) is 18.6 Å². The Morgan fingerprint density at radius 3 is 2.62 bits per heavy atom. The second-order valence-electron chi connectivity index (χ2n) is 4.70. The van der Waals surface area contributed by atoms with Crippen molar-refractivity contribution in [1.82, 2.24) is 4.90 Å². The van der Waals surface area contributed by atoms with Crippen LogP contribution in [-0.2, 0) is 0 Å². The van der Waals surface area contributed by atoms with Gasteiger partial charge in [-0.3, -0.25) is 4.90 Å². The molecule has 1 aliphatic rings. The molecule has 1 aliphatic carbocycles. The molecule has 1 fully saturated rings.